The number of hydrogen-bond donors (Lipinski definition) is 2. The van der Waals surface area contributed by atoms with Crippen LogP contribution in [0.3, 0.4) is 0 Å². The lowest BCUT2D eigenvalue weighted by Crippen LogP contribution is -2.34. The van der Waals surface area contributed by atoms with Crippen LogP contribution < -0.4 is 10.6 Å². The zero-order valence-corrected chi connectivity index (χ0v) is 22.2. The maximum atomic E-state index is 15.3. The van der Waals surface area contributed by atoms with Crippen LogP contribution in [0.1, 0.15) is 39.1 Å². The van der Waals surface area contributed by atoms with Crippen molar-refractivity contribution in [3.63, 3.8) is 0 Å². The number of furan rings is 1. The van der Waals surface area contributed by atoms with Crippen molar-refractivity contribution in [2.24, 2.45) is 0 Å². The fourth-order valence-corrected chi connectivity index (χ4v) is 5.18. The Kier molecular flexibility index (Phi) is 6.53. The standard InChI is InChI=1S/C32H23F2N3O5/c1-35-31(39)28-24-16-23(26(37(40)41)17-27(24)42-29(28)18-7-10-21(33)11-8-18)22-15-19(9-12-25(22)34)30(38)36-32(13-14-32)20-5-3-2-4-6-20/h2-12,15-17H,13-14H2,1H3,(H,35,39)(H,36,38). The Balaban J connectivity index is 1.47. The Bertz CT molecular complexity index is 1880. The molecule has 1 aliphatic carbocycles. The molecule has 2 N–H and O–H groups in total. The Morgan fingerprint density at radius 1 is 0.905 bits per heavy atom. The molecular weight excluding hydrogens is 544 g/mol. The fourth-order valence-electron chi connectivity index (χ4n) is 5.18. The molecule has 42 heavy (non-hydrogen) atoms. The molecule has 0 radical (unpaired) electrons. The third kappa shape index (κ3) is 4.66. The first-order valence-electron chi connectivity index (χ1n) is 13.1. The zero-order valence-electron chi connectivity index (χ0n) is 22.2. The Morgan fingerprint density at radius 3 is 2.26 bits per heavy atom. The molecule has 0 atom stereocenters. The normalized spacial score (nSPS) is 13.5. The van der Waals surface area contributed by atoms with Crippen LogP contribution in [0, 0.1) is 21.7 Å². The molecule has 8 nitrogen and oxygen atoms in total. The first kappa shape index (κ1) is 26.8. The molecule has 0 bridgehead atoms. The summed E-state index contributed by atoms with van der Waals surface area (Å²) in [4.78, 5) is 37.7. The second-order valence-corrected chi connectivity index (χ2v) is 10.1. The summed E-state index contributed by atoms with van der Waals surface area (Å²) in [5.41, 5.74) is 0.174. The molecule has 0 spiro atoms. The van der Waals surface area contributed by atoms with E-state index in [0.717, 1.165) is 30.5 Å². The largest absolute Gasteiger partial charge is 0.455 e. The average molecular weight is 568 g/mol. The number of nitro benzene ring substituents is 1. The van der Waals surface area contributed by atoms with Crippen LogP contribution in [0.2, 0.25) is 0 Å². The molecule has 5 aromatic rings. The molecule has 1 heterocycles. The van der Waals surface area contributed by atoms with E-state index in [1.165, 1.54) is 49.5 Å². The number of halogens is 2. The predicted octanol–water partition coefficient (Wildman–Crippen LogP) is 6.73. The van der Waals surface area contributed by atoms with Gasteiger partial charge in [-0.15, -0.1) is 0 Å². The summed E-state index contributed by atoms with van der Waals surface area (Å²) in [6.07, 6.45) is 1.50. The summed E-state index contributed by atoms with van der Waals surface area (Å²) < 4.78 is 34.8. The van der Waals surface area contributed by atoms with Gasteiger partial charge < -0.3 is 15.1 Å². The van der Waals surface area contributed by atoms with Gasteiger partial charge in [0.25, 0.3) is 17.5 Å². The van der Waals surface area contributed by atoms with Crippen molar-refractivity contribution < 1.29 is 27.7 Å². The molecule has 4 aromatic carbocycles. The van der Waals surface area contributed by atoms with Crippen molar-refractivity contribution >= 4 is 28.5 Å². The highest BCUT2D eigenvalue weighted by Gasteiger charge is 2.45. The highest BCUT2D eigenvalue weighted by atomic mass is 19.1. The van der Waals surface area contributed by atoms with Gasteiger partial charge in [0.15, 0.2) is 0 Å². The maximum absolute atomic E-state index is 15.3. The molecular formula is C32H23F2N3O5. The number of hydrogen-bond acceptors (Lipinski definition) is 5. The van der Waals surface area contributed by atoms with Crippen LogP contribution in [0.5, 0.6) is 0 Å². The van der Waals surface area contributed by atoms with Crippen molar-refractivity contribution in [1.82, 2.24) is 10.6 Å². The van der Waals surface area contributed by atoms with Gasteiger partial charge >= 0.3 is 0 Å². The van der Waals surface area contributed by atoms with Crippen LogP contribution in [0.25, 0.3) is 33.4 Å². The molecule has 0 unspecified atom stereocenters. The summed E-state index contributed by atoms with van der Waals surface area (Å²) >= 11 is 0. The highest BCUT2D eigenvalue weighted by molar-refractivity contribution is 6.12. The second kappa shape index (κ2) is 10.2. The summed E-state index contributed by atoms with van der Waals surface area (Å²) in [6, 6.07) is 20.8. The van der Waals surface area contributed by atoms with E-state index >= 15 is 4.39 Å². The lowest BCUT2D eigenvalue weighted by molar-refractivity contribution is -0.384. The van der Waals surface area contributed by atoms with E-state index < -0.39 is 39.6 Å². The molecule has 6 rings (SSSR count). The van der Waals surface area contributed by atoms with Crippen molar-refractivity contribution in [2.45, 2.75) is 18.4 Å². The van der Waals surface area contributed by atoms with Crippen molar-refractivity contribution in [3.8, 4) is 22.5 Å². The van der Waals surface area contributed by atoms with Gasteiger partial charge in [-0.1, -0.05) is 30.3 Å². The average Bonchev–Trinajstić information content (AvgIpc) is 3.68. The quantitative estimate of drug-likeness (QED) is 0.167. The van der Waals surface area contributed by atoms with Crippen LogP contribution in [0.4, 0.5) is 14.5 Å². The van der Waals surface area contributed by atoms with E-state index in [-0.39, 0.29) is 39.0 Å². The minimum absolute atomic E-state index is 0.0104. The van der Waals surface area contributed by atoms with E-state index in [2.05, 4.69) is 10.6 Å². The lowest BCUT2D eigenvalue weighted by Gasteiger charge is -2.18. The van der Waals surface area contributed by atoms with E-state index in [0.29, 0.717) is 5.56 Å². The van der Waals surface area contributed by atoms with Crippen molar-refractivity contribution in [3.05, 3.63) is 123 Å². The highest BCUT2D eigenvalue weighted by Crippen LogP contribution is 2.46. The van der Waals surface area contributed by atoms with Gasteiger partial charge in [-0.2, -0.15) is 0 Å². The number of fused-ring (bicyclic) bond motifs is 1. The Hall–Kier alpha value is -5.38. The van der Waals surface area contributed by atoms with Crippen LogP contribution in [0.15, 0.2) is 89.3 Å². The van der Waals surface area contributed by atoms with Crippen molar-refractivity contribution in [1.29, 1.82) is 0 Å². The topological polar surface area (TPSA) is 114 Å². The molecule has 1 aromatic heterocycles. The first-order chi connectivity index (χ1) is 20.2. The summed E-state index contributed by atoms with van der Waals surface area (Å²) in [5.74, 6) is -2.22. The van der Waals surface area contributed by atoms with Crippen molar-refractivity contribution in [2.75, 3.05) is 7.05 Å². The molecule has 1 fully saturated rings. The van der Waals surface area contributed by atoms with E-state index in [1.54, 1.807) is 0 Å². The molecule has 0 saturated heterocycles. The van der Waals surface area contributed by atoms with Crippen LogP contribution >= 0.6 is 0 Å². The van der Waals surface area contributed by atoms with Gasteiger partial charge in [0, 0.05) is 29.1 Å². The van der Waals surface area contributed by atoms with E-state index in [1.807, 2.05) is 30.3 Å². The molecule has 1 aliphatic rings. The predicted molar refractivity (Wildman–Crippen MR) is 152 cm³/mol. The Labute approximate surface area is 238 Å². The fraction of sp³-hybridized carbons (Fsp3) is 0.125. The molecule has 2 amide bonds. The summed E-state index contributed by atoms with van der Waals surface area (Å²) in [7, 11) is 1.41. The summed E-state index contributed by atoms with van der Waals surface area (Å²) in [6.45, 7) is 0. The van der Waals surface area contributed by atoms with Gasteiger partial charge in [-0.3, -0.25) is 19.7 Å². The zero-order chi connectivity index (χ0) is 29.6. The maximum Gasteiger partial charge on any atom is 0.281 e. The number of carbonyl (C=O) groups excluding carboxylic acids is 2. The third-order valence-electron chi connectivity index (χ3n) is 7.51. The number of amides is 2. The van der Waals surface area contributed by atoms with Gasteiger partial charge in [-0.25, -0.2) is 8.78 Å². The van der Waals surface area contributed by atoms with Crippen LogP contribution in [-0.2, 0) is 5.54 Å². The van der Waals surface area contributed by atoms with Gasteiger partial charge in [-0.05, 0) is 66.9 Å². The number of rotatable bonds is 7. The third-order valence-corrected chi connectivity index (χ3v) is 7.51. The van der Waals surface area contributed by atoms with Gasteiger partial charge in [0.1, 0.15) is 23.0 Å². The summed E-state index contributed by atoms with van der Waals surface area (Å²) in [5, 5.41) is 17.9. The van der Waals surface area contributed by atoms with E-state index in [4.69, 9.17) is 4.42 Å². The molecule has 10 heteroatoms. The lowest BCUT2D eigenvalue weighted by atomic mass is 9.96. The number of benzene rings is 4. The van der Waals surface area contributed by atoms with Gasteiger partial charge in [0.2, 0.25) is 0 Å². The number of nitro groups is 1. The van der Waals surface area contributed by atoms with E-state index in [9.17, 15) is 24.1 Å². The SMILES string of the molecule is CNC(=O)c1c(-c2ccc(F)cc2)oc2cc([N+](=O)[O-])c(-c3cc(C(=O)NC4(c5ccccc5)CC4)ccc3F)cc12. The van der Waals surface area contributed by atoms with Gasteiger partial charge in [0.05, 0.1) is 27.7 Å². The number of carbonyl (C=O) groups is 2. The first-order valence-corrected chi connectivity index (χ1v) is 13.1. The van der Waals surface area contributed by atoms with Crippen LogP contribution in [-0.4, -0.2) is 23.8 Å². The molecule has 0 aliphatic heterocycles. The Morgan fingerprint density at radius 2 is 1.62 bits per heavy atom. The second-order valence-electron chi connectivity index (χ2n) is 10.1. The number of nitrogens with one attached hydrogen (secondary N) is 2. The monoisotopic (exact) mass is 567 g/mol. The number of nitrogens with zero attached hydrogens (tertiary/aromatic N) is 1. The minimum Gasteiger partial charge on any atom is -0.455 e. The smallest absolute Gasteiger partial charge is 0.281 e. The molecule has 1 saturated carbocycles. The minimum atomic E-state index is -0.790. The molecule has 210 valence electrons.